The molecular weight excluding hydrogens is 384 g/mol. The minimum atomic E-state index is 0.232. The molecular formula is C26H42N4O. The number of piperidine rings is 2. The van der Waals surface area contributed by atoms with Crippen LogP contribution in [0.25, 0.3) is 0 Å². The second-order valence-electron chi connectivity index (χ2n) is 10.2. The summed E-state index contributed by atoms with van der Waals surface area (Å²) >= 11 is 0. The van der Waals surface area contributed by atoms with Crippen LogP contribution in [0, 0.1) is 18.8 Å². The van der Waals surface area contributed by atoms with Gasteiger partial charge in [0.1, 0.15) is 0 Å². The molecule has 1 aromatic heterocycles. The van der Waals surface area contributed by atoms with E-state index in [1.165, 1.54) is 50.6 Å². The predicted octanol–water partition coefficient (Wildman–Crippen LogP) is 4.15. The van der Waals surface area contributed by atoms with E-state index >= 15 is 0 Å². The lowest BCUT2D eigenvalue weighted by Crippen LogP contribution is -2.49. The molecule has 31 heavy (non-hydrogen) atoms. The van der Waals surface area contributed by atoms with Gasteiger partial charge in [-0.15, -0.1) is 0 Å². The van der Waals surface area contributed by atoms with Crippen molar-refractivity contribution in [1.29, 1.82) is 0 Å². The molecule has 1 aromatic rings. The Morgan fingerprint density at radius 1 is 1.03 bits per heavy atom. The molecule has 0 aromatic carbocycles. The van der Waals surface area contributed by atoms with Gasteiger partial charge in [0.15, 0.2) is 0 Å². The van der Waals surface area contributed by atoms with Crippen LogP contribution >= 0.6 is 0 Å². The summed E-state index contributed by atoms with van der Waals surface area (Å²) in [5, 5.41) is 3.23. The highest BCUT2D eigenvalue weighted by Gasteiger charge is 2.30. The quantitative estimate of drug-likeness (QED) is 0.635. The minimum Gasteiger partial charge on any atom is -0.356 e. The van der Waals surface area contributed by atoms with Crippen LogP contribution in [0.1, 0.15) is 75.6 Å². The van der Waals surface area contributed by atoms with E-state index in [2.05, 4.69) is 45.2 Å². The number of carbonyl (C=O) groups is 1. The standard InChI is InChI=1S/C26H42N4O/c1-21-6-4-10-24(28-21)20-29-16-13-25(14-17-29)30-18-11-23(12-19-30)26(31)27-15-5-9-22-7-2-3-8-22/h4,6,10,22-23,25H,2-3,5,7-9,11-20H2,1H3,(H,27,31). The number of aryl methyl sites for hydroxylation is 1. The number of rotatable bonds is 8. The number of hydrogen-bond acceptors (Lipinski definition) is 4. The maximum atomic E-state index is 12.6. The van der Waals surface area contributed by atoms with Gasteiger partial charge in [-0.25, -0.2) is 0 Å². The molecule has 1 N–H and O–H groups in total. The van der Waals surface area contributed by atoms with Gasteiger partial charge in [0.25, 0.3) is 0 Å². The van der Waals surface area contributed by atoms with Crippen molar-refractivity contribution in [3.05, 3.63) is 29.6 Å². The van der Waals surface area contributed by atoms with Gasteiger partial charge in [0.2, 0.25) is 5.91 Å². The molecule has 5 nitrogen and oxygen atoms in total. The maximum absolute atomic E-state index is 12.6. The van der Waals surface area contributed by atoms with E-state index in [0.29, 0.717) is 11.9 Å². The fourth-order valence-electron chi connectivity index (χ4n) is 5.93. The SMILES string of the molecule is Cc1cccc(CN2CCC(N3CCC(C(=O)NCCCC4CCCC4)CC3)CC2)n1. The molecule has 3 fully saturated rings. The van der Waals surface area contributed by atoms with Crippen LogP contribution in [-0.4, -0.2) is 59.5 Å². The van der Waals surface area contributed by atoms with Gasteiger partial charge in [-0.05, 0) is 76.6 Å². The Morgan fingerprint density at radius 3 is 2.48 bits per heavy atom. The molecule has 1 saturated carbocycles. The van der Waals surface area contributed by atoms with Crippen molar-refractivity contribution >= 4 is 5.91 Å². The average Bonchev–Trinajstić information content (AvgIpc) is 3.31. The Morgan fingerprint density at radius 2 is 1.77 bits per heavy atom. The van der Waals surface area contributed by atoms with Gasteiger partial charge in [0.05, 0.1) is 5.69 Å². The third-order valence-corrected chi connectivity index (χ3v) is 7.87. The second-order valence-corrected chi connectivity index (χ2v) is 10.2. The van der Waals surface area contributed by atoms with Crippen molar-refractivity contribution in [1.82, 2.24) is 20.1 Å². The summed E-state index contributed by atoms with van der Waals surface area (Å²) in [6.07, 6.45) is 12.7. The van der Waals surface area contributed by atoms with Crippen LogP contribution in [0.15, 0.2) is 18.2 Å². The molecule has 0 atom stereocenters. The zero-order chi connectivity index (χ0) is 21.5. The number of pyridine rings is 1. The van der Waals surface area contributed by atoms with Crippen molar-refractivity contribution in [3.63, 3.8) is 0 Å². The zero-order valence-electron chi connectivity index (χ0n) is 19.5. The van der Waals surface area contributed by atoms with Crippen LogP contribution in [-0.2, 0) is 11.3 Å². The summed E-state index contributed by atoms with van der Waals surface area (Å²) in [5.74, 6) is 1.47. The Balaban J connectivity index is 1.10. The van der Waals surface area contributed by atoms with Crippen LogP contribution < -0.4 is 5.32 Å². The number of amides is 1. The molecule has 1 amide bonds. The molecule has 2 aliphatic heterocycles. The van der Waals surface area contributed by atoms with Gasteiger partial charge in [-0.2, -0.15) is 0 Å². The molecule has 0 unspecified atom stereocenters. The number of nitrogens with zero attached hydrogens (tertiary/aromatic N) is 3. The fraction of sp³-hybridized carbons (Fsp3) is 0.769. The summed E-state index contributed by atoms with van der Waals surface area (Å²) in [4.78, 5) is 22.4. The monoisotopic (exact) mass is 426 g/mol. The normalized spacial score (nSPS) is 22.7. The van der Waals surface area contributed by atoms with E-state index < -0.39 is 0 Å². The summed E-state index contributed by atoms with van der Waals surface area (Å²) in [6.45, 7) is 8.40. The summed E-state index contributed by atoms with van der Waals surface area (Å²) in [7, 11) is 0. The van der Waals surface area contributed by atoms with Crippen molar-refractivity contribution in [2.75, 3.05) is 32.7 Å². The Kier molecular flexibility index (Phi) is 8.37. The first-order valence-electron chi connectivity index (χ1n) is 12.8. The smallest absolute Gasteiger partial charge is 0.223 e. The first-order valence-corrected chi connectivity index (χ1v) is 12.8. The van der Waals surface area contributed by atoms with Gasteiger partial charge in [-0.1, -0.05) is 31.7 Å². The molecule has 3 aliphatic rings. The van der Waals surface area contributed by atoms with E-state index in [4.69, 9.17) is 0 Å². The number of aromatic nitrogens is 1. The highest BCUT2D eigenvalue weighted by atomic mass is 16.1. The maximum Gasteiger partial charge on any atom is 0.223 e. The van der Waals surface area contributed by atoms with Gasteiger partial charge in [0, 0.05) is 43.8 Å². The molecule has 0 spiro atoms. The highest BCUT2D eigenvalue weighted by molar-refractivity contribution is 5.78. The van der Waals surface area contributed by atoms with Crippen molar-refractivity contribution in [2.24, 2.45) is 11.8 Å². The van der Waals surface area contributed by atoms with Crippen LogP contribution in [0.2, 0.25) is 0 Å². The predicted molar refractivity (Wildman–Crippen MR) is 126 cm³/mol. The second kappa shape index (κ2) is 11.4. The van der Waals surface area contributed by atoms with E-state index in [1.807, 2.05) is 0 Å². The lowest BCUT2D eigenvalue weighted by atomic mass is 9.92. The minimum absolute atomic E-state index is 0.232. The molecule has 0 radical (unpaired) electrons. The molecule has 1 aliphatic carbocycles. The molecule has 5 heteroatoms. The lowest BCUT2D eigenvalue weighted by molar-refractivity contribution is -0.126. The van der Waals surface area contributed by atoms with E-state index in [9.17, 15) is 4.79 Å². The Labute approximate surface area is 189 Å². The summed E-state index contributed by atoms with van der Waals surface area (Å²) in [5.41, 5.74) is 2.29. The van der Waals surface area contributed by atoms with E-state index in [-0.39, 0.29) is 5.92 Å². The molecule has 3 heterocycles. The van der Waals surface area contributed by atoms with Gasteiger partial charge >= 0.3 is 0 Å². The fourth-order valence-corrected chi connectivity index (χ4v) is 5.93. The topological polar surface area (TPSA) is 48.5 Å². The zero-order valence-corrected chi connectivity index (χ0v) is 19.5. The third-order valence-electron chi connectivity index (χ3n) is 7.87. The van der Waals surface area contributed by atoms with Crippen LogP contribution in [0.3, 0.4) is 0 Å². The molecule has 4 rings (SSSR count). The first-order chi connectivity index (χ1) is 15.2. The summed E-state index contributed by atoms with van der Waals surface area (Å²) in [6, 6.07) is 7.01. The number of likely N-dealkylation sites (tertiary alicyclic amines) is 2. The number of nitrogens with one attached hydrogen (secondary N) is 1. The summed E-state index contributed by atoms with van der Waals surface area (Å²) < 4.78 is 0. The van der Waals surface area contributed by atoms with Crippen molar-refractivity contribution < 1.29 is 4.79 Å². The van der Waals surface area contributed by atoms with Crippen LogP contribution in [0.4, 0.5) is 0 Å². The Hall–Kier alpha value is -1.46. The highest BCUT2D eigenvalue weighted by Crippen LogP contribution is 2.28. The van der Waals surface area contributed by atoms with E-state index in [0.717, 1.165) is 70.1 Å². The Bertz CT molecular complexity index is 686. The molecule has 0 bridgehead atoms. The van der Waals surface area contributed by atoms with Gasteiger partial charge < -0.3 is 10.2 Å². The molecule has 2 saturated heterocycles. The molecule has 172 valence electrons. The largest absolute Gasteiger partial charge is 0.356 e. The van der Waals surface area contributed by atoms with Crippen molar-refractivity contribution in [2.45, 2.75) is 83.7 Å². The average molecular weight is 427 g/mol. The number of hydrogen-bond donors (Lipinski definition) is 1. The van der Waals surface area contributed by atoms with Crippen molar-refractivity contribution in [3.8, 4) is 0 Å². The third kappa shape index (κ3) is 6.76. The van der Waals surface area contributed by atoms with Gasteiger partial charge in [-0.3, -0.25) is 14.7 Å². The van der Waals surface area contributed by atoms with E-state index in [1.54, 1.807) is 0 Å². The van der Waals surface area contributed by atoms with Crippen LogP contribution in [0.5, 0.6) is 0 Å². The lowest BCUT2D eigenvalue weighted by Gasteiger charge is -2.41. The number of carbonyl (C=O) groups excluding carboxylic acids is 1. The first kappa shape index (κ1) is 22.7.